The lowest BCUT2D eigenvalue weighted by atomic mass is 9.89. The molecule has 0 amide bonds. The van der Waals surface area contributed by atoms with Gasteiger partial charge in [0.05, 0.1) is 6.17 Å². The molecule has 188 valence electrons. The van der Waals surface area contributed by atoms with E-state index in [0.29, 0.717) is 0 Å². The van der Waals surface area contributed by atoms with E-state index in [1.54, 1.807) is 0 Å². The number of hydrogen-bond acceptors (Lipinski definition) is 5. The molecule has 5 heteroatoms. The molecule has 1 saturated heterocycles. The number of fused-ring (bicyclic) bond motifs is 7. The highest BCUT2D eigenvalue weighted by Gasteiger charge is 2.28. The van der Waals surface area contributed by atoms with E-state index in [0.717, 1.165) is 18.5 Å². The molecular formula is C33H31N5. The maximum atomic E-state index is 6.45. The van der Waals surface area contributed by atoms with Crippen molar-refractivity contribution in [2.75, 3.05) is 5.32 Å². The van der Waals surface area contributed by atoms with Crippen molar-refractivity contribution in [1.82, 2.24) is 16.2 Å². The normalized spacial score (nSPS) is 21.8. The van der Waals surface area contributed by atoms with Gasteiger partial charge < -0.3 is 11.1 Å². The van der Waals surface area contributed by atoms with Crippen molar-refractivity contribution in [2.45, 2.75) is 31.2 Å². The van der Waals surface area contributed by atoms with Crippen molar-refractivity contribution in [3.05, 3.63) is 137 Å². The van der Waals surface area contributed by atoms with Crippen LogP contribution < -0.4 is 27.2 Å². The number of benzene rings is 4. The minimum atomic E-state index is -0.141. The highest BCUT2D eigenvalue weighted by molar-refractivity contribution is 5.91. The Morgan fingerprint density at radius 3 is 2.45 bits per heavy atom. The number of hydrogen-bond donors (Lipinski definition) is 5. The molecule has 0 bridgehead atoms. The zero-order valence-electron chi connectivity index (χ0n) is 21.1. The van der Waals surface area contributed by atoms with E-state index >= 15 is 0 Å². The van der Waals surface area contributed by atoms with Gasteiger partial charge in [-0.3, -0.25) is 5.32 Å². The molecule has 3 atom stereocenters. The summed E-state index contributed by atoms with van der Waals surface area (Å²) in [5, 5.41) is 7.29. The van der Waals surface area contributed by atoms with Crippen LogP contribution in [0.1, 0.15) is 28.4 Å². The van der Waals surface area contributed by atoms with Crippen molar-refractivity contribution in [2.24, 2.45) is 5.73 Å². The van der Waals surface area contributed by atoms with Crippen molar-refractivity contribution < 1.29 is 0 Å². The van der Waals surface area contributed by atoms with Gasteiger partial charge in [-0.05, 0) is 63.9 Å². The summed E-state index contributed by atoms with van der Waals surface area (Å²) < 4.78 is 0. The Bertz CT molecular complexity index is 1560. The molecule has 3 unspecified atom stereocenters. The number of nitrogens with two attached hydrogens (primary N) is 1. The molecular weight excluding hydrogens is 466 g/mol. The molecule has 5 nitrogen and oxygen atoms in total. The molecule has 0 radical (unpaired) electrons. The smallest absolute Gasteiger partial charge is 0.112 e. The van der Waals surface area contributed by atoms with E-state index in [9.17, 15) is 0 Å². The molecule has 1 aliphatic carbocycles. The predicted octanol–water partition coefficient (Wildman–Crippen LogP) is 5.38. The fourth-order valence-electron chi connectivity index (χ4n) is 6.01. The summed E-state index contributed by atoms with van der Waals surface area (Å²) in [6.07, 6.45) is 8.05. The number of anilines is 1. The largest absolute Gasteiger partial charge is 0.400 e. The molecule has 4 aromatic carbocycles. The van der Waals surface area contributed by atoms with Gasteiger partial charge in [-0.2, -0.15) is 0 Å². The molecule has 4 aromatic rings. The summed E-state index contributed by atoms with van der Waals surface area (Å²) in [6.45, 7) is 0. The lowest BCUT2D eigenvalue weighted by Crippen LogP contribution is -2.38. The fraction of sp³-hybridized carbons (Fsp3) is 0.152. The highest BCUT2D eigenvalue weighted by atomic mass is 15.5. The van der Waals surface area contributed by atoms with Crippen molar-refractivity contribution in [1.29, 1.82) is 0 Å². The van der Waals surface area contributed by atoms with Crippen LogP contribution in [0.3, 0.4) is 0 Å². The summed E-state index contributed by atoms with van der Waals surface area (Å²) in [6, 6.07) is 32.6. The first-order chi connectivity index (χ1) is 18.7. The second-order valence-corrected chi connectivity index (χ2v) is 10.2. The van der Waals surface area contributed by atoms with Crippen LogP contribution in [-0.4, -0.2) is 12.2 Å². The van der Waals surface area contributed by atoms with E-state index in [1.807, 2.05) is 24.3 Å². The van der Waals surface area contributed by atoms with Crippen LogP contribution in [0.2, 0.25) is 0 Å². The first kappa shape index (κ1) is 23.0. The Labute approximate surface area is 223 Å². The molecule has 3 aliphatic rings. The fourth-order valence-corrected chi connectivity index (χ4v) is 6.01. The molecule has 0 saturated carbocycles. The summed E-state index contributed by atoms with van der Waals surface area (Å²) in [4.78, 5) is 0. The summed E-state index contributed by atoms with van der Waals surface area (Å²) in [5.74, 6) is 0. The van der Waals surface area contributed by atoms with Gasteiger partial charge in [-0.25, -0.2) is 10.9 Å². The standard InChI is InChI=1S/C33H31N5/c34-29(33-36-32(37-38-33)21-9-2-1-3-10-21)15-8-12-24-19-23-17-18-26-25-13-5-4-11-22(25)20-28(26)31(23)27-14-6-7-16-30(27)35-24/h1-18,24,32-33,35-38H,19-20,34H2/b12-8-,29-15-. The average molecular weight is 498 g/mol. The number of nitrogens with one attached hydrogen (secondary N) is 4. The molecule has 38 heavy (non-hydrogen) atoms. The Morgan fingerprint density at radius 2 is 1.55 bits per heavy atom. The molecule has 2 aliphatic heterocycles. The van der Waals surface area contributed by atoms with Gasteiger partial charge in [-0.15, -0.1) is 0 Å². The van der Waals surface area contributed by atoms with Crippen LogP contribution >= 0.6 is 0 Å². The van der Waals surface area contributed by atoms with Crippen LogP contribution in [0, 0.1) is 0 Å². The van der Waals surface area contributed by atoms with Crippen LogP contribution in [0.4, 0.5) is 5.69 Å². The van der Waals surface area contributed by atoms with Crippen LogP contribution in [0.25, 0.3) is 22.3 Å². The highest BCUT2D eigenvalue weighted by Crippen LogP contribution is 2.46. The predicted molar refractivity (Wildman–Crippen MR) is 155 cm³/mol. The zero-order chi connectivity index (χ0) is 25.5. The van der Waals surface area contributed by atoms with Gasteiger partial charge in [0.25, 0.3) is 0 Å². The van der Waals surface area contributed by atoms with E-state index in [2.05, 4.69) is 106 Å². The van der Waals surface area contributed by atoms with Gasteiger partial charge in [0.2, 0.25) is 0 Å². The Kier molecular flexibility index (Phi) is 5.82. The van der Waals surface area contributed by atoms with Gasteiger partial charge in [0.1, 0.15) is 6.17 Å². The monoisotopic (exact) mass is 497 g/mol. The van der Waals surface area contributed by atoms with Gasteiger partial charge in [0, 0.05) is 23.0 Å². The molecule has 0 spiro atoms. The number of para-hydroxylation sites is 1. The van der Waals surface area contributed by atoms with E-state index in [-0.39, 0.29) is 18.4 Å². The maximum absolute atomic E-state index is 6.45. The zero-order valence-corrected chi connectivity index (χ0v) is 21.1. The lowest BCUT2D eigenvalue weighted by Gasteiger charge is -2.15. The third-order valence-corrected chi connectivity index (χ3v) is 7.85. The molecule has 6 N–H and O–H groups in total. The minimum Gasteiger partial charge on any atom is -0.400 e. The molecule has 1 fully saturated rings. The first-order valence-corrected chi connectivity index (χ1v) is 13.3. The van der Waals surface area contributed by atoms with Crippen molar-refractivity contribution in [3.8, 4) is 22.3 Å². The van der Waals surface area contributed by atoms with Crippen molar-refractivity contribution in [3.63, 3.8) is 0 Å². The van der Waals surface area contributed by atoms with Gasteiger partial charge in [0.15, 0.2) is 0 Å². The third kappa shape index (κ3) is 4.11. The Morgan fingerprint density at radius 1 is 0.763 bits per heavy atom. The Hall–Kier alpha value is -4.16. The quantitative estimate of drug-likeness (QED) is 0.216. The van der Waals surface area contributed by atoms with Gasteiger partial charge >= 0.3 is 0 Å². The van der Waals surface area contributed by atoms with E-state index < -0.39 is 0 Å². The SMILES string of the molecule is N/C(=C\C=C/C1Cc2ccc3c(c2-c2ccccc2N1)Cc1ccccc1-3)C1NNC(c2ccccc2)N1. The number of rotatable bonds is 4. The maximum Gasteiger partial charge on any atom is 0.112 e. The summed E-state index contributed by atoms with van der Waals surface area (Å²) in [5.41, 5.74) is 25.7. The van der Waals surface area contributed by atoms with Crippen LogP contribution in [0.15, 0.2) is 115 Å². The van der Waals surface area contributed by atoms with Crippen LogP contribution in [0.5, 0.6) is 0 Å². The average Bonchev–Trinajstić information content (AvgIpc) is 3.56. The molecule has 0 aromatic heterocycles. The third-order valence-electron chi connectivity index (χ3n) is 7.85. The van der Waals surface area contributed by atoms with E-state index in [1.165, 1.54) is 50.2 Å². The lowest BCUT2D eigenvalue weighted by molar-refractivity contribution is 0.555. The minimum absolute atomic E-state index is 0.0153. The second kappa shape index (κ2) is 9.62. The number of allylic oxidation sites excluding steroid dienone is 2. The summed E-state index contributed by atoms with van der Waals surface area (Å²) >= 11 is 0. The first-order valence-electron chi connectivity index (χ1n) is 13.3. The second-order valence-electron chi connectivity index (χ2n) is 10.2. The summed E-state index contributed by atoms with van der Waals surface area (Å²) in [7, 11) is 0. The topological polar surface area (TPSA) is 74.1 Å². The van der Waals surface area contributed by atoms with Crippen LogP contribution in [-0.2, 0) is 12.8 Å². The van der Waals surface area contributed by atoms with E-state index in [4.69, 9.17) is 5.73 Å². The number of hydrazine groups is 1. The van der Waals surface area contributed by atoms with Gasteiger partial charge in [-0.1, -0.05) is 97.1 Å². The van der Waals surface area contributed by atoms with Crippen molar-refractivity contribution >= 4 is 5.69 Å². The molecule has 2 heterocycles. The Balaban J connectivity index is 1.14. The molecule has 7 rings (SSSR count).